The van der Waals surface area contributed by atoms with Crippen LogP contribution in [0.3, 0.4) is 0 Å². The Bertz CT molecular complexity index is 1120. The average Bonchev–Trinajstić information content (AvgIpc) is 3.25. The van der Waals surface area contributed by atoms with Gasteiger partial charge in [0.2, 0.25) is 0 Å². The number of anilines is 1. The van der Waals surface area contributed by atoms with Gasteiger partial charge in [-0.25, -0.2) is 4.68 Å². The standard InChI is InChI=1S/C26H30N4O2.ClH/c1-17(2)19-7-9-23(10-8-19)30-25(20-11-13-27-14-12-20)24(16-28-30)26(32)29-22-6-4-5-21(15-22)18(3)31;/h4-10,15-17,20,27H,11-14H2,1-3H3,(H,29,32);1H. The highest BCUT2D eigenvalue weighted by molar-refractivity contribution is 6.06. The number of nitrogens with one attached hydrogen (secondary N) is 2. The number of carbonyl (C=O) groups excluding carboxylic acids is 2. The van der Waals surface area contributed by atoms with Crippen molar-refractivity contribution in [3.8, 4) is 5.69 Å². The van der Waals surface area contributed by atoms with Crippen molar-refractivity contribution in [2.45, 2.75) is 45.4 Å². The Kier molecular flexibility index (Phi) is 8.06. The van der Waals surface area contributed by atoms with Gasteiger partial charge in [-0.05, 0) is 68.6 Å². The van der Waals surface area contributed by atoms with Crippen LogP contribution in [0, 0.1) is 0 Å². The lowest BCUT2D eigenvalue weighted by Gasteiger charge is -2.25. The Morgan fingerprint density at radius 1 is 1.09 bits per heavy atom. The first kappa shape index (κ1) is 24.7. The van der Waals surface area contributed by atoms with E-state index >= 15 is 0 Å². The van der Waals surface area contributed by atoms with Crippen molar-refractivity contribution in [1.82, 2.24) is 15.1 Å². The molecule has 1 aromatic heterocycles. The van der Waals surface area contributed by atoms with Crippen LogP contribution in [0.5, 0.6) is 0 Å². The number of hydrogen-bond acceptors (Lipinski definition) is 4. The number of halogens is 1. The second kappa shape index (κ2) is 10.8. The Balaban J connectivity index is 0.00000306. The van der Waals surface area contributed by atoms with Crippen LogP contribution in [0.15, 0.2) is 54.7 Å². The molecule has 2 heterocycles. The molecule has 174 valence electrons. The Labute approximate surface area is 201 Å². The van der Waals surface area contributed by atoms with Gasteiger partial charge in [0.15, 0.2) is 5.78 Å². The number of piperidine rings is 1. The molecule has 1 fully saturated rings. The van der Waals surface area contributed by atoms with E-state index in [1.165, 1.54) is 12.5 Å². The van der Waals surface area contributed by atoms with E-state index in [1.807, 2.05) is 4.68 Å². The fraction of sp³-hybridized carbons (Fsp3) is 0.346. The number of ketones is 1. The van der Waals surface area contributed by atoms with Gasteiger partial charge in [-0.3, -0.25) is 9.59 Å². The molecule has 1 aliphatic rings. The smallest absolute Gasteiger partial charge is 0.259 e. The maximum atomic E-state index is 13.3. The number of amides is 1. The summed E-state index contributed by atoms with van der Waals surface area (Å²) >= 11 is 0. The summed E-state index contributed by atoms with van der Waals surface area (Å²) in [6, 6.07) is 15.4. The molecule has 3 aromatic rings. The molecule has 0 atom stereocenters. The van der Waals surface area contributed by atoms with E-state index in [1.54, 1.807) is 30.5 Å². The fourth-order valence-corrected chi connectivity index (χ4v) is 4.24. The van der Waals surface area contributed by atoms with E-state index in [0.717, 1.165) is 37.3 Å². The molecule has 6 nitrogen and oxygen atoms in total. The Morgan fingerprint density at radius 3 is 2.42 bits per heavy atom. The normalized spacial score (nSPS) is 14.1. The van der Waals surface area contributed by atoms with Gasteiger partial charge < -0.3 is 10.6 Å². The fourth-order valence-electron chi connectivity index (χ4n) is 4.24. The highest BCUT2D eigenvalue weighted by Gasteiger charge is 2.27. The summed E-state index contributed by atoms with van der Waals surface area (Å²) in [5.41, 5.74) is 4.94. The van der Waals surface area contributed by atoms with E-state index in [9.17, 15) is 9.59 Å². The van der Waals surface area contributed by atoms with Crippen LogP contribution in [-0.4, -0.2) is 34.6 Å². The molecule has 0 bridgehead atoms. The molecular formula is C26H31ClN4O2. The maximum Gasteiger partial charge on any atom is 0.259 e. The van der Waals surface area contributed by atoms with Crippen LogP contribution >= 0.6 is 12.4 Å². The molecule has 1 saturated heterocycles. The lowest BCUT2D eigenvalue weighted by atomic mass is 9.91. The van der Waals surface area contributed by atoms with Gasteiger partial charge in [0.05, 0.1) is 23.1 Å². The quantitative estimate of drug-likeness (QED) is 0.481. The minimum absolute atomic E-state index is 0. The van der Waals surface area contributed by atoms with Gasteiger partial charge in [0.1, 0.15) is 0 Å². The predicted octanol–water partition coefficient (Wildman–Crippen LogP) is 5.34. The first-order chi connectivity index (χ1) is 15.4. The molecule has 1 aliphatic heterocycles. The molecule has 4 rings (SSSR count). The summed E-state index contributed by atoms with van der Waals surface area (Å²) in [6.07, 6.45) is 3.57. The van der Waals surface area contributed by atoms with E-state index in [-0.39, 0.29) is 30.0 Å². The second-order valence-electron chi connectivity index (χ2n) is 8.72. The first-order valence-electron chi connectivity index (χ1n) is 11.3. The molecule has 7 heteroatoms. The van der Waals surface area contributed by atoms with E-state index in [2.05, 4.69) is 53.8 Å². The molecule has 0 radical (unpaired) electrons. The summed E-state index contributed by atoms with van der Waals surface area (Å²) < 4.78 is 1.92. The van der Waals surface area contributed by atoms with Gasteiger partial charge in [0.25, 0.3) is 5.91 Å². The molecule has 0 saturated carbocycles. The summed E-state index contributed by atoms with van der Waals surface area (Å²) in [6.45, 7) is 7.71. The SMILES string of the molecule is CC(=O)c1cccc(NC(=O)c2cnn(-c3ccc(C(C)C)cc3)c2C2CCNCC2)c1.Cl. The zero-order valence-electron chi connectivity index (χ0n) is 19.3. The van der Waals surface area contributed by atoms with E-state index in [4.69, 9.17) is 0 Å². The van der Waals surface area contributed by atoms with Crippen LogP contribution < -0.4 is 10.6 Å². The van der Waals surface area contributed by atoms with Crippen LogP contribution in [0.1, 0.15) is 77.4 Å². The number of benzene rings is 2. The summed E-state index contributed by atoms with van der Waals surface area (Å²) in [5.74, 6) is 0.462. The molecule has 33 heavy (non-hydrogen) atoms. The lowest BCUT2D eigenvalue weighted by molar-refractivity contribution is 0.101. The minimum atomic E-state index is -0.204. The predicted molar refractivity (Wildman–Crippen MR) is 134 cm³/mol. The van der Waals surface area contributed by atoms with Crippen LogP contribution in [-0.2, 0) is 0 Å². The Morgan fingerprint density at radius 2 is 1.79 bits per heavy atom. The molecular weight excluding hydrogens is 436 g/mol. The van der Waals surface area contributed by atoms with Crippen molar-refractivity contribution >= 4 is 29.8 Å². The molecule has 0 unspecified atom stereocenters. The van der Waals surface area contributed by atoms with Gasteiger partial charge in [-0.15, -0.1) is 12.4 Å². The van der Waals surface area contributed by atoms with Gasteiger partial charge in [0, 0.05) is 17.2 Å². The number of rotatable bonds is 6. The monoisotopic (exact) mass is 466 g/mol. The maximum absolute atomic E-state index is 13.3. The van der Waals surface area contributed by atoms with Gasteiger partial charge in [-0.2, -0.15) is 5.10 Å². The number of Topliss-reactive ketones (excluding diaryl/α,β-unsaturated/α-hetero) is 1. The second-order valence-corrected chi connectivity index (χ2v) is 8.72. The third kappa shape index (κ3) is 5.52. The van der Waals surface area contributed by atoms with Gasteiger partial charge >= 0.3 is 0 Å². The zero-order chi connectivity index (χ0) is 22.7. The van der Waals surface area contributed by atoms with Crippen molar-refractivity contribution in [2.75, 3.05) is 18.4 Å². The molecule has 2 N–H and O–H groups in total. The largest absolute Gasteiger partial charge is 0.322 e. The Hall–Kier alpha value is -2.96. The molecule has 2 aromatic carbocycles. The highest BCUT2D eigenvalue weighted by Crippen LogP contribution is 2.31. The summed E-state index contributed by atoms with van der Waals surface area (Å²) in [5, 5.41) is 11.0. The number of nitrogens with zero attached hydrogens (tertiary/aromatic N) is 2. The molecule has 0 spiro atoms. The topological polar surface area (TPSA) is 76.0 Å². The lowest BCUT2D eigenvalue weighted by Crippen LogP contribution is -2.29. The number of hydrogen-bond donors (Lipinski definition) is 2. The highest BCUT2D eigenvalue weighted by atomic mass is 35.5. The molecule has 0 aliphatic carbocycles. The van der Waals surface area contributed by atoms with E-state index < -0.39 is 0 Å². The molecule has 1 amide bonds. The first-order valence-corrected chi connectivity index (χ1v) is 11.3. The number of carbonyl (C=O) groups is 2. The van der Waals surface area contributed by atoms with Crippen molar-refractivity contribution in [1.29, 1.82) is 0 Å². The van der Waals surface area contributed by atoms with E-state index in [0.29, 0.717) is 22.7 Å². The summed E-state index contributed by atoms with van der Waals surface area (Å²) in [7, 11) is 0. The third-order valence-corrected chi connectivity index (χ3v) is 6.11. The van der Waals surface area contributed by atoms with Crippen molar-refractivity contribution in [2.24, 2.45) is 0 Å². The zero-order valence-corrected chi connectivity index (χ0v) is 20.1. The van der Waals surface area contributed by atoms with Crippen molar-refractivity contribution in [3.63, 3.8) is 0 Å². The van der Waals surface area contributed by atoms with Crippen molar-refractivity contribution < 1.29 is 9.59 Å². The average molecular weight is 467 g/mol. The minimum Gasteiger partial charge on any atom is -0.322 e. The van der Waals surface area contributed by atoms with Crippen molar-refractivity contribution in [3.05, 3.63) is 77.1 Å². The van der Waals surface area contributed by atoms with Crippen LogP contribution in [0.2, 0.25) is 0 Å². The number of aromatic nitrogens is 2. The van der Waals surface area contributed by atoms with Gasteiger partial charge in [-0.1, -0.05) is 38.1 Å². The summed E-state index contributed by atoms with van der Waals surface area (Å²) in [4.78, 5) is 25.0. The third-order valence-electron chi connectivity index (χ3n) is 6.11. The van der Waals surface area contributed by atoms with Crippen LogP contribution in [0.25, 0.3) is 5.69 Å². The van der Waals surface area contributed by atoms with Crippen LogP contribution in [0.4, 0.5) is 5.69 Å².